The number of benzene rings is 1. The molecular formula is C24H27N7O2. The van der Waals surface area contributed by atoms with Gasteiger partial charge >= 0.3 is 0 Å². The molecule has 0 unspecified atom stereocenters. The molecule has 0 saturated heterocycles. The normalized spacial score (nSPS) is 11.5. The van der Waals surface area contributed by atoms with Crippen molar-refractivity contribution in [3.8, 4) is 22.9 Å². The van der Waals surface area contributed by atoms with Crippen LogP contribution in [0.1, 0.15) is 31.9 Å². The van der Waals surface area contributed by atoms with Crippen molar-refractivity contribution in [3.63, 3.8) is 0 Å². The number of carbonyl (C=O) groups is 1. The van der Waals surface area contributed by atoms with Gasteiger partial charge < -0.3 is 15.2 Å². The van der Waals surface area contributed by atoms with Crippen LogP contribution in [0.4, 0.5) is 11.5 Å². The fraction of sp³-hybridized carbons (Fsp3) is 0.292. The number of carbonyl (C=O) groups excluding carboxylic acids is 1. The molecule has 9 nitrogen and oxygen atoms in total. The summed E-state index contributed by atoms with van der Waals surface area (Å²) in [6.07, 6.45) is 3.07. The maximum absolute atomic E-state index is 12.6. The SMILES string of the molecule is Cc1ccccc1Cn1nc(-c2ncc(N(C)C(=O)C(C)(C)C)c(N)n2)cc1-c1ccon1. The van der Waals surface area contributed by atoms with E-state index in [1.807, 2.05) is 43.7 Å². The standard InChI is InChI=1S/C24H27N7O2/c1-15-8-6-7-9-16(15)14-31-19(17-10-11-33-29-17)12-18(28-31)22-26-13-20(21(25)27-22)30(5)23(32)24(2,3)4/h6-13H,14H2,1-5H3,(H2,25,26,27). The fourth-order valence-corrected chi connectivity index (χ4v) is 3.53. The van der Waals surface area contributed by atoms with E-state index in [-0.39, 0.29) is 11.7 Å². The van der Waals surface area contributed by atoms with E-state index in [1.165, 1.54) is 11.2 Å². The van der Waals surface area contributed by atoms with Crippen molar-refractivity contribution in [2.75, 3.05) is 17.7 Å². The lowest BCUT2D eigenvalue weighted by Crippen LogP contribution is -2.37. The Bertz CT molecular complexity index is 1290. The zero-order chi connectivity index (χ0) is 23.8. The third-order valence-electron chi connectivity index (χ3n) is 5.40. The van der Waals surface area contributed by atoms with E-state index in [2.05, 4.69) is 34.2 Å². The number of nitrogens with zero attached hydrogens (tertiary/aromatic N) is 6. The third-order valence-corrected chi connectivity index (χ3v) is 5.40. The predicted octanol–water partition coefficient (Wildman–Crippen LogP) is 3.94. The Hall–Kier alpha value is -4.01. The molecule has 33 heavy (non-hydrogen) atoms. The molecule has 0 atom stereocenters. The van der Waals surface area contributed by atoms with Gasteiger partial charge in [-0.25, -0.2) is 9.97 Å². The molecule has 1 amide bonds. The molecule has 3 aromatic heterocycles. The molecule has 0 aliphatic heterocycles. The average molecular weight is 446 g/mol. The second kappa shape index (κ2) is 8.50. The lowest BCUT2D eigenvalue weighted by molar-refractivity contribution is -0.125. The van der Waals surface area contributed by atoms with E-state index in [4.69, 9.17) is 15.4 Å². The van der Waals surface area contributed by atoms with Crippen LogP contribution in [0.2, 0.25) is 0 Å². The number of nitrogens with two attached hydrogens (primary N) is 1. The molecule has 1 aromatic carbocycles. The highest BCUT2D eigenvalue weighted by Gasteiger charge is 2.27. The van der Waals surface area contributed by atoms with Gasteiger partial charge in [0, 0.05) is 18.5 Å². The summed E-state index contributed by atoms with van der Waals surface area (Å²) in [5, 5.41) is 8.81. The smallest absolute Gasteiger partial charge is 0.232 e. The van der Waals surface area contributed by atoms with Crippen LogP contribution in [-0.4, -0.2) is 37.9 Å². The van der Waals surface area contributed by atoms with Crippen molar-refractivity contribution in [1.29, 1.82) is 0 Å². The molecule has 3 heterocycles. The van der Waals surface area contributed by atoms with Crippen LogP contribution in [0.25, 0.3) is 22.9 Å². The Morgan fingerprint density at radius 3 is 2.58 bits per heavy atom. The number of amides is 1. The maximum atomic E-state index is 12.6. The molecule has 2 N–H and O–H groups in total. The molecule has 9 heteroatoms. The van der Waals surface area contributed by atoms with Crippen LogP contribution < -0.4 is 10.6 Å². The summed E-state index contributed by atoms with van der Waals surface area (Å²) in [6.45, 7) is 8.16. The highest BCUT2D eigenvalue weighted by molar-refractivity contribution is 5.98. The Balaban J connectivity index is 1.72. The van der Waals surface area contributed by atoms with E-state index >= 15 is 0 Å². The zero-order valence-electron chi connectivity index (χ0n) is 19.4. The Morgan fingerprint density at radius 2 is 1.94 bits per heavy atom. The Morgan fingerprint density at radius 1 is 1.18 bits per heavy atom. The minimum Gasteiger partial charge on any atom is -0.382 e. The molecule has 4 aromatic rings. The van der Waals surface area contributed by atoms with Gasteiger partial charge in [0.05, 0.1) is 18.4 Å². The molecule has 170 valence electrons. The van der Waals surface area contributed by atoms with Crippen LogP contribution in [0.3, 0.4) is 0 Å². The zero-order valence-corrected chi connectivity index (χ0v) is 19.4. The minimum atomic E-state index is -0.555. The number of aryl methyl sites for hydroxylation is 1. The molecule has 0 fully saturated rings. The summed E-state index contributed by atoms with van der Waals surface area (Å²) in [6, 6.07) is 11.8. The lowest BCUT2D eigenvalue weighted by Gasteiger charge is -2.26. The van der Waals surface area contributed by atoms with E-state index < -0.39 is 5.41 Å². The van der Waals surface area contributed by atoms with Crippen molar-refractivity contribution in [1.82, 2.24) is 24.9 Å². The maximum Gasteiger partial charge on any atom is 0.232 e. The van der Waals surface area contributed by atoms with Gasteiger partial charge in [-0.05, 0) is 24.1 Å². The summed E-state index contributed by atoms with van der Waals surface area (Å²) in [5.41, 5.74) is 10.4. The van der Waals surface area contributed by atoms with Gasteiger partial charge in [-0.3, -0.25) is 9.48 Å². The van der Waals surface area contributed by atoms with E-state index in [0.717, 1.165) is 16.8 Å². The van der Waals surface area contributed by atoms with Crippen molar-refractivity contribution in [2.45, 2.75) is 34.2 Å². The molecule has 0 saturated carbocycles. The average Bonchev–Trinajstić information content (AvgIpc) is 3.43. The number of nitrogen functional groups attached to an aromatic ring is 1. The van der Waals surface area contributed by atoms with Gasteiger partial charge in [-0.1, -0.05) is 50.2 Å². The molecule has 0 bridgehead atoms. The predicted molar refractivity (Wildman–Crippen MR) is 126 cm³/mol. The fourth-order valence-electron chi connectivity index (χ4n) is 3.53. The van der Waals surface area contributed by atoms with Crippen LogP contribution in [0, 0.1) is 12.3 Å². The number of hydrogen-bond acceptors (Lipinski definition) is 7. The summed E-state index contributed by atoms with van der Waals surface area (Å²) in [5.74, 6) is 0.485. The highest BCUT2D eigenvalue weighted by Crippen LogP contribution is 2.29. The number of aromatic nitrogens is 5. The summed E-state index contributed by atoms with van der Waals surface area (Å²) >= 11 is 0. The first-order valence-corrected chi connectivity index (χ1v) is 10.6. The van der Waals surface area contributed by atoms with Crippen molar-refractivity contribution < 1.29 is 9.32 Å². The lowest BCUT2D eigenvalue weighted by atomic mass is 9.95. The van der Waals surface area contributed by atoms with E-state index in [9.17, 15) is 4.79 Å². The molecule has 0 spiro atoms. The van der Waals surface area contributed by atoms with Gasteiger partial charge in [-0.15, -0.1) is 0 Å². The van der Waals surface area contributed by atoms with Gasteiger partial charge in [0.15, 0.2) is 11.6 Å². The van der Waals surface area contributed by atoms with Crippen molar-refractivity contribution in [3.05, 3.63) is 60.0 Å². The first kappa shape index (κ1) is 22.2. The number of hydrogen-bond donors (Lipinski definition) is 1. The van der Waals surface area contributed by atoms with Crippen molar-refractivity contribution in [2.24, 2.45) is 5.41 Å². The molecule has 0 radical (unpaired) electrons. The highest BCUT2D eigenvalue weighted by atomic mass is 16.5. The third kappa shape index (κ3) is 4.48. The van der Waals surface area contributed by atoms with Crippen LogP contribution >= 0.6 is 0 Å². The topological polar surface area (TPSA) is 116 Å². The first-order chi connectivity index (χ1) is 15.6. The Labute approximate surface area is 192 Å². The number of rotatable bonds is 5. The van der Waals surface area contributed by atoms with Crippen LogP contribution in [-0.2, 0) is 11.3 Å². The Kier molecular flexibility index (Phi) is 5.71. The second-order valence-corrected chi connectivity index (χ2v) is 8.96. The summed E-state index contributed by atoms with van der Waals surface area (Å²) < 4.78 is 6.89. The van der Waals surface area contributed by atoms with Gasteiger partial charge in [0.1, 0.15) is 23.3 Å². The van der Waals surface area contributed by atoms with Gasteiger partial charge in [-0.2, -0.15) is 5.10 Å². The van der Waals surface area contributed by atoms with E-state index in [0.29, 0.717) is 29.4 Å². The molecule has 0 aliphatic rings. The minimum absolute atomic E-state index is 0.0821. The molecular weight excluding hydrogens is 418 g/mol. The molecule has 4 rings (SSSR count). The quantitative estimate of drug-likeness (QED) is 0.494. The largest absolute Gasteiger partial charge is 0.382 e. The van der Waals surface area contributed by atoms with Crippen LogP contribution in [0.5, 0.6) is 0 Å². The summed E-state index contributed by atoms with van der Waals surface area (Å²) in [4.78, 5) is 23.0. The van der Waals surface area contributed by atoms with E-state index in [1.54, 1.807) is 19.3 Å². The first-order valence-electron chi connectivity index (χ1n) is 10.6. The molecule has 0 aliphatic carbocycles. The van der Waals surface area contributed by atoms with Gasteiger partial charge in [0.2, 0.25) is 5.91 Å². The van der Waals surface area contributed by atoms with Gasteiger partial charge in [0.25, 0.3) is 0 Å². The monoisotopic (exact) mass is 445 g/mol. The summed E-state index contributed by atoms with van der Waals surface area (Å²) in [7, 11) is 1.67. The van der Waals surface area contributed by atoms with Crippen molar-refractivity contribution >= 4 is 17.4 Å². The number of anilines is 2. The van der Waals surface area contributed by atoms with Crippen LogP contribution in [0.15, 0.2) is 53.4 Å². The second-order valence-electron chi connectivity index (χ2n) is 8.96.